The number of aromatic nitrogens is 2. The van der Waals surface area contributed by atoms with Gasteiger partial charge in [0.15, 0.2) is 5.82 Å². The first-order valence-corrected chi connectivity index (χ1v) is 6.87. The molecule has 1 atom stereocenters. The van der Waals surface area contributed by atoms with Crippen LogP contribution in [-0.2, 0) is 4.79 Å². The molecule has 104 valence electrons. The first-order valence-electron chi connectivity index (χ1n) is 6.87. The predicted octanol–water partition coefficient (Wildman–Crippen LogP) is 1.67. The summed E-state index contributed by atoms with van der Waals surface area (Å²) in [6.07, 6.45) is 1.85. The Labute approximate surface area is 118 Å². The summed E-state index contributed by atoms with van der Waals surface area (Å²) in [5, 5.41) is 10.4. The number of rotatable bonds is 4. The van der Waals surface area contributed by atoms with Gasteiger partial charge in [-0.15, -0.1) is 0 Å². The van der Waals surface area contributed by atoms with Gasteiger partial charge in [0.1, 0.15) is 0 Å². The monoisotopic (exact) mass is 270 g/mol. The smallest absolute Gasteiger partial charge is 0.228 e. The number of anilines is 1. The van der Waals surface area contributed by atoms with E-state index in [1.807, 2.05) is 49.5 Å². The van der Waals surface area contributed by atoms with Crippen LogP contribution in [0.3, 0.4) is 0 Å². The maximum Gasteiger partial charge on any atom is 0.228 e. The highest BCUT2D eigenvalue weighted by Crippen LogP contribution is 2.18. The molecule has 2 N–H and O–H groups in total. The molecule has 0 radical (unpaired) electrons. The largest absolute Gasteiger partial charge is 0.316 e. The zero-order chi connectivity index (χ0) is 13.9. The first-order chi connectivity index (χ1) is 9.74. The SMILES string of the molecule is CC(C(=O)Nc1ccn(-c2ccccc2)n1)C1CNC1. The Bertz CT molecular complexity index is 589. The summed E-state index contributed by atoms with van der Waals surface area (Å²) in [4.78, 5) is 12.1. The number of nitrogens with zero attached hydrogens (tertiary/aromatic N) is 2. The summed E-state index contributed by atoms with van der Waals surface area (Å²) < 4.78 is 1.76. The zero-order valence-corrected chi connectivity index (χ0v) is 11.4. The van der Waals surface area contributed by atoms with Crippen molar-refractivity contribution in [1.82, 2.24) is 15.1 Å². The van der Waals surface area contributed by atoms with Crippen LogP contribution in [0.2, 0.25) is 0 Å². The quantitative estimate of drug-likeness (QED) is 0.888. The van der Waals surface area contributed by atoms with E-state index < -0.39 is 0 Å². The molecule has 5 heteroatoms. The highest BCUT2D eigenvalue weighted by atomic mass is 16.2. The lowest BCUT2D eigenvalue weighted by Gasteiger charge is -2.31. The van der Waals surface area contributed by atoms with Gasteiger partial charge in [-0.25, -0.2) is 4.68 Å². The Morgan fingerprint density at radius 2 is 2.10 bits per heavy atom. The van der Waals surface area contributed by atoms with Gasteiger partial charge in [-0.05, 0) is 31.1 Å². The summed E-state index contributed by atoms with van der Waals surface area (Å²) in [5.74, 6) is 1.08. The second-order valence-electron chi connectivity index (χ2n) is 5.18. The van der Waals surface area contributed by atoms with E-state index in [1.54, 1.807) is 4.68 Å². The first kappa shape index (κ1) is 12.9. The lowest BCUT2D eigenvalue weighted by molar-refractivity contribution is -0.121. The number of carbonyl (C=O) groups excluding carboxylic acids is 1. The zero-order valence-electron chi connectivity index (χ0n) is 11.4. The summed E-state index contributed by atoms with van der Waals surface area (Å²) in [6, 6.07) is 11.6. The molecule has 0 aliphatic carbocycles. The van der Waals surface area contributed by atoms with Gasteiger partial charge in [-0.2, -0.15) is 5.10 Å². The molecule has 1 saturated heterocycles. The third kappa shape index (κ3) is 2.58. The van der Waals surface area contributed by atoms with Crippen molar-refractivity contribution in [2.75, 3.05) is 18.4 Å². The van der Waals surface area contributed by atoms with Crippen LogP contribution in [0.5, 0.6) is 0 Å². The molecule has 1 aromatic heterocycles. The van der Waals surface area contributed by atoms with Gasteiger partial charge in [0, 0.05) is 18.2 Å². The molecular weight excluding hydrogens is 252 g/mol. The number of carbonyl (C=O) groups is 1. The van der Waals surface area contributed by atoms with E-state index >= 15 is 0 Å². The van der Waals surface area contributed by atoms with Crippen LogP contribution < -0.4 is 10.6 Å². The van der Waals surface area contributed by atoms with Crippen molar-refractivity contribution < 1.29 is 4.79 Å². The molecule has 1 amide bonds. The predicted molar refractivity (Wildman–Crippen MR) is 77.7 cm³/mol. The average molecular weight is 270 g/mol. The molecule has 1 aromatic carbocycles. The van der Waals surface area contributed by atoms with Crippen molar-refractivity contribution in [3.63, 3.8) is 0 Å². The van der Waals surface area contributed by atoms with Gasteiger partial charge in [-0.1, -0.05) is 25.1 Å². The maximum atomic E-state index is 12.1. The van der Waals surface area contributed by atoms with Crippen molar-refractivity contribution in [3.05, 3.63) is 42.6 Å². The molecule has 2 aromatic rings. The van der Waals surface area contributed by atoms with Gasteiger partial charge >= 0.3 is 0 Å². The second-order valence-corrected chi connectivity index (χ2v) is 5.18. The second kappa shape index (κ2) is 5.46. The van der Waals surface area contributed by atoms with E-state index in [-0.39, 0.29) is 11.8 Å². The lowest BCUT2D eigenvalue weighted by Crippen LogP contribution is -2.48. The van der Waals surface area contributed by atoms with Crippen LogP contribution in [-0.4, -0.2) is 28.8 Å². The molecule has 20 heavy (non-hydrogen) atoms. The van der Waals surface area contributed by atoms with Gasteiger partial charge in [-0.3, -0.25) is 4.79 Å². The van der Waals surface area contributed by atoms with Crippen molar-refractivity contribution in [3.8, 4) is 5.69 Å². The molecule has 1 aliphatic heterocycles. The van der Waals surface area contributed by atoms with Crippen molar-refractivity contribution in [2.45, 2.75) is 6.92 Å². The molecule has 1 aliphatic rings. The Kier molecular flexibility index (Phi) is 3.52. The Morgan fingerprint density at radius 3 is 2.75 bits per heavy atom. The van der Waals surface area contributed by atoms with E-state index in [2.05, 4.69) is 15.7 Å². The van der Waals surface area contributed by atoms with E-state index in [0.29, 0.717) is 11.7 Å². The minimum Gasteiger partial charge on any atom is -0.316 e. The summed E-state index contributed by atoms with van der Waals surface area (Å²) in [7, 11) is 0. The van der Waals surface area contributed by atoms with E-state index in [4.69, 9.17) is 0 Å². The Balaban J connectivity index is 1.66. The van der Waals surface area contributed by atoms with Crippen LogP contribution in [0.15, 0.2) is 42.6 Å². The van der Waals surface area contributed by atoms with Crippen LogP contribution in [0.25, 0.3) is 5.69 Å². The molecule has 0 bridgehead atoms. The van der Waals surface area contributed by atoms with Gasteiger partial charge in [0.05, 0.1) is 5.69 Å². The van der Waals surface area contributed by atoms with E-state index in [1.165, 1.54) is 0 Å². The van der Waals surface area contributed by atoms with E-state index in [0.717, 1.165) is 18.8 Å². The van der Waals surface area contributed by atoms with Gasteiger partial charge in [0.25, 0.3) is 0 Å². The van der Waals surface area contributed by atoms with Gasteiger partial charge < -0.3 is 10.6 Å². The lowest BCUT2D eigenvalue weighted by atomic mass is 9.88. The standard InChI is InChI=1S/C15H18N4O/c1-11(12-9-16-10-12)15(20)17-14-7-8-19(18-14)13-5-3-2-4-6-13/h2-8,11-12,16H,9-10H2,1H3,(H,17,18,20). The molecular formula is C15H18N4O. The normalized spacial score (nSPS) is 16.4. The number of nitrogens with one attached hydrogen (secondary N) is 2. The Morgan fingerprint density at radius 1 is 1.35 bits per heavy atom. The summed E-state index contributed by atoms with van der Waals surface area (Å²) in [5.41, 5.74) is 0.976. The van der Waals surface area contributed by atoms with Crippen molar-refractivity contribution in [2.24, 2.45) is 11.8 Å². The summed E-state index contributed by atoms with van der Waals surface area (Å²) in [6.45, 7) is 3.81. The topological polar surface area (TPSA) is 59.0 Å². The number of hydrogen-bond donors (Lipinski definition) is 2. The molecule has 0 saturated carbocycles. The average Bonchev–Trinajstić information content (AvgIpc) is 2.86. The number of amides is 1. The van der Waals surface area contributed by atoms with Crippen LogP contribution >= 0.6 is 0 Å². The molecule has 3 rings (SSSR count). The minimum absolute atomic E-state index is 0.0122. The van der Waals surface area contributed by atoms with Crippen LogP contribution in [0.1, 0.15) is 6.92 Å². The fourth-order valence-corrected chi connectivity index (χ4v) is 2.23. The van der Waals surface area contributed by atoms with Crippen molar-refractivity contribution >= 4 is 11.7 Å². The van der Waals surface area contributed by atoms with Crippen LogP contribution in [0, 0.1) is 11.8 Å². The molecule has 1 unspecified atom stereocenters. The highest BCUT2D eigenvalue weighted by Gasteiger charge is 2.28. The number of benzene rings is 1. The van der Waals surface area contributed by atoms with Crippen molar-refractivity contribution in [1.29, 1.82) is 0 Å². The Hall–Kier alpha value is -2.14. The van der Waals surface area contributed by atoms with Gasteiger partial charge in [0.2, 0.25) is 5.91 Å². The highest BCUT2D eigenvalue weighted by molar-refractivity contribution is 5.91. The summed E-state index contributed by atoms with van der Waals surface area (Å²) >= 11 is 0. The third-order valence-corrected chi connectivity index (χ3v) is 3.79. The minimum atomic E-state index is 0.0122. The maximum absolute atomic E-state index is 12.1. The molecule has 2 heterocycles. The third-order valence-electron chi connectivity index (χ3n) is 3.79. The van der Waals surface area contributed by atoms with Crippen LogP contribution in [0.4, 0.5) is 5.82 Å². The molecule has 1 fully saturated rings. The van der Waals surface area contributed by atoms with E-state index in [9.17, 15) is 4.79 Å². The fourth-order valence-electron chi connectivity index (χ4n) is 2.23. The fraction of sp³-hybridized carbons (Fsp3) is 0.333. The molecule has 5 nitrogen and oxygen atoms in total. The number of hydrogen-bond acceptors (Lipinski definition) is 3. The molecule has 0 spiro atoms. The number of para-hydroxylation sites is 1.